The first-order chi connectivity index (χ1) is 9.66. The molecule has 0 amide bonds. The van der Waals surface area contributed by atoms with Crippen molar-refractivity contribution in [3.8, 4) is 0 Å². The molecule has 0 aliphatic heterocycles. The topological polar surface area (TPSA) is 92.2 Å². The van der Waals surface area contributed by atoms with Crippen molar-refractivity contribution in [1.82, 2.24) is 0 Å². The Morgan fingerprint density at radius 1 is 0.455 bits per heavy atom. The maximum Gasteiger partial charge on any atom is 4.00 e. The first-order valence-electron chi connectivity index (χ1n) is 7.98. The third kappa shape index (κ3) is 105. The normalized spacial score (nSPS) is 7.64. The van der Waals surface area contributed by atoms with Crippen LogP contribution in [0.5, 0.6) is 0 Å². The van der Waals surface area contributed by atoms with Crippen LogP contribution in [-0.2, 0) is 21.7 Å². The van der Waals surface area contributed by atoms with Crippen molar-refractivity contribution in [1.29, 1.82) is 0 Å². The van der Waals surface area contributed by atoms with Gasteiger partial charge in [-0.2, -0.15) is 0 Å². The van der Waals surface area contributed by atoms with E-state index >= 15 is 0 Å². The summed E-state index contributed by atoms with van der Waals surface area (Å²) >= 11 is 0. The fourth-order valence-corrected chi connectivity index (χ4v) is 0.577. The fourth-order valence-electron chi connectivity index (χ4n) is 0.577. The summed E-state index contributed by atoms with van der Waals surface area (Å²) in [6.07, 6.45) is 7.46. The predicted molar refractivity (Wildman–Crippen MR) is 86.3 cm³/mol. The molecular formula is C16H37ClO4Ti. The van der Waals surface area contributed by atoms with Crippen LogP contribution in [0.25, 0.3) is 0 Å². The van der Waals surface area contributed by atoms with Crippen molar-refractivity contribution in [2.24, 2.45) is 0 Å². The molecule has 22 heavy (non-hydrogen) atoms. The molecule has 0 aromatic rings. The van der Waals surface area contributed by atoms with Crippen LogP contribution in [0.1, 0.15) is 79.1 Å². The third-order valence-electron chi connectivity index (χ3n) is 1.99. The summed E-state index contributed by atoms with van der Waals surface area (Å²) in [5.41, 5.74) is 0. The molecule has 0 rings (SSSR count). The number of rotatable bonds is 8. The molecular weight excluding hydrogens is 339 g/mol. The molecule has 0 atom stereocenters. The zero-order valence-corrected chi connectivity index (χ0v) is 17.4. The van der Waals surface area contributed by atoms with Gasteiger partial charge in [0.1, 0.15) is 0 Å². The maximum atomic E-state index is 9.53. The van der Waals surface area contributed by atoms with E-state index in [-0.39, 0.29) is 60.6 Å². The molecule has 0 saturated carbocycles. The van der Waals surface area contributed by atoms with Crippen LogP contribution in [-0.4, -0.2) is 26.4 Å². The number of hydrogen-bond acceptors (Lipinski definition) is 4. The predicted octanol–water partition coefficient (Wildman–Crippen LogP) is 1.01. The quantitative estimate of drug-likeness (QED) is 0.591. The van der Waals surface area contributed by atoms with Crippen molar-refractivity contribution in [2.75, 3.05) is 26.4 Å². The first-order valence-corrected chi connectivity index (χ1v) is 7.98. The van der Waals surface area contributed by atoms with Gasteiger partial charge in [-0.3, -0.25) is 0 Å². The van der Waals surface area contributed by atoms with Gasteiger partial charge in [-0.05, 0) is 0 Å². The van der Waals surface area contributed by atoms with Crippen LogP contribution >= 0.6 is 12.4 Å². The van der Waals surface area contributed by atoms with Crippen LogP contribution in [0.4, 0.5) is 0 Å². The van der Waals surface area contributed by atoms with Crippen LogP contribution in [0.2, 0.25) is 0 Å². The van der Waals surface area contributed by atoms with Crippen LogP contribution in [0, 0.1) is 0 Å². The van der Waals surface area contributed by atoms with E-state index in [1.54, 1.807) is 0 Å². The number of hydrogen-bond donors (Lipinski definition) is 0. The SMILES string of the molecule is CCCC[O-].CCCC[O-].CCCC[O-].CCCC[O-].Cl.[Ti+4]. The van der Waals surface area contributed by atoms with E-state index in [0.29, 0.717) is 0 Å². The van der Waals surface area contributed by atoms with E-state index in [0.717, 1.165) is 51.4 Å². The first kappa shape index (κ1) is 38.4. The standard InChI is InChI=1S/4C4H9O.ClH.Ti/c4*1-2-3-4-5;;/h4*2-4H2,1H3;1H;/q4*-1;;+4. The molecule has 0 aliphatic rings. The van der Waals surface area contributed by atoms with Gasteiger partial charge >= 0.3 is 21.7 Å². The molecule has 6 heteroatoms. The molecule has 4 nitrogen and oxygen atoms in total. The zero-order valence-electron chi connectivity index (χ0n) is 15.0. The molecule has 0 heterocycles. The van der Waals surface area contributed by atoms with Crippen LogP contribution in [0.15, 0.2) is 0 Å². The van der Waals surface area contributed by atoms with Gasteiger partial charge in [0.15, 0.2) is 0 Å². The molecule has 0 fully saturated rings. The summed E-state index contributed by atoms with van der Waals surface area (Å²) in [6.45, 7) is 8.42. The third-order valence-corrected chi connectivity index (χ3v) is 1.99. The summed E-state index contributed by atoms with van der Waals surface area (Å²) in [5, 5.41) is 38.1. The molecule has 0 spiro atoms. The van der Waals surface area contributed by atoms with Gasteiger partial charge in [0.25, 0.3) is 0 Å². The maximum absolute atomic E-state index is 9.53. The van der Waals surface area contributed by atoms with Gasteiger partial charge in [-0.1, -0.05) is 79.1 Å². The Bertz CT molecular complexity index is 80.1. The molecule has 0 aliphatic carbocycles. The minimum absolute atomic E-state index is 0. The molecule has 0 saturated heterocycles. The zero-order chi connectivity index (χ0) is 16.5. The van der Waals surface area contributed by atoms with E-state index in [9.17, 15) is 20.4 Å². The van der Waals surface area contributed by atoms with E-state index in [4.69, 9.17) is 0 Å². The van der Waals surface area contributed by atoms with Crippen molar-refractivity contribution >= 4 is 12.4 Å². The van der Waals surface area contributed by atoms with Crippen LogP contribution < -0.4 is 20.4 Å². The van der Waals surface area contributed by atoms with Gasteiger partial charge in [0.05, 0.1) is 0 Å². The molecule has 0 aromatic carbocycles. The average molecular weight is 377 g/mol. The second-order valence-corrected chi connectivity index (χ2v) is 4.23. The summed E-state index contributed by atoms with van der Waals surface area (Å²) in [6, 6.07) is 0. The molecule has 0 N–H and O–H groups in total. The minimum atomic E-state index is 0. The molecule has 136 valence electrons. The summed E-state index contributed by atoms with van der Waals surface area (Å²) < 4.78 is 0. The number of halogens is 1. The van der Waals surface area contributed by atoms with Crippen molar-refractivity contribution in [3.63, 3.8) is 0 Å². The Hall–Kier alpha value is 0.844. The second-order valence-electron chi connectivity index (χ2n) is 4.23. The van der Waals surface area contributed by atoms with E-state index in [1.807, 2.05) is 27.7 Å². The Balaban J connectivity index is -0.0000000376. The van der Waals surface area contributed by atoms with Crippen LogP contribution in [0.3, 0.4) is 0 Å². The van der Waals surface area contributed by atoms with Gasteiger partial charge in [0, 0.05) is 0 Å². The molecule has 0 radical (unpaired) electrons. The minimum Gasteiger partial charge on any atom is -0.854 e. The monoisotopic (exact) mass is 376 g/mol. The molecule has 0 unspecified atom stereocenters. The molecule has 0 aromatic heterocycles. The smallest absolute Gasteiger partial charge is 0.854 e. The Morgan fingerprint density at radius 2 is 0.591 bits per heavy atom. The summed E-state index contributed by atoms with van der Waals surface area (Å²) in [4.78, 5) is 0. The van der Waals surface area contributed by atoms with Crippen molar-refractivity contribution < 1.29 is 42.1 Å². The van der Waals surface area contributed by atoms with Crippen molar-refractivity contribution in [2.45, 2.75) is 79.1 Å². The van der Waals surface area contributed by atoms with Gasteiger partial charge in [-0.25, -0.2) is 0 Å². The van der Waals surface area contributed by atoms with Gasteiger partial charge < -0.3 is 20.4 Å². The van der Waals surface area contributed by atoms with E-state index in [2.05, 4.69) is 0 Å². The number of unbranched alkanes of at least 4 members (excludes halogenated alkanes) is 4. The van der Waals surface area contributed by atoms with Gasteiger partial charge in [-0.15, -0.1) is 38.8 Å². The summed E-state index contributed by atoms with van der Waals surface area (Å²) in [7, 11) is 0. The Labute approximate surface area is 160 Å². The second kappa shape index (κ2) is 57.5. The van der Waals surface area contributed by atoms with Gasteiger partial charge in [0.2, 0.25) is 0 Å². The average Bonchev–Trinajstić information content (AvgIpc) is 2.44. The van der Waals surface area contributed by atoms with E-state index < -0.39 is 0 Å². The Kier molecular flexibility index (Phi) is 100. The fraction of sp³-hybridized carbons (Fsp3) is 1.00. The van der Waals surface area contributed by atoms with Crippen molar-refractivity contribution in [3.05, 3.63) is 0 Å². The van der Waals surface area contributed by atoms with E-state index in [1.165, 1.54) is 0 Å². The largest absolute Gasteiger partial charge is 4.00 e. The summed E-state index contributed by atoms with van der Waals surface area (Å²) in [5.74, 6) is 0. The Morgan fingerprint density at radius 3 is 0.591 bits per heavy atom. The molecule has 0 bridgehead atoms.